The molecule has 4 rings (SSSR count). The van der Waals surface area contributed by atoms with Crippen molar-refractivity contribution in [2.24, 2.45) is 0 Å². The molecular weight excluding hydrogens is 474 g/mol. The van der Waals surface area contributed by atoms with E-state index in [-0.39, 0.29) is 10.7 Å². The maximum atomic E-state index is 13.3. The molecule has 1 aliphatic heterocycles. The first-order valence-electron chi connectivity index (χ1n) is 9.70. The van der Waals surface area contributed by atoms with E-state index in [0.29, 0.717) is 5.69 Å². The van der Waals surface area contributed by atoms with Gasteiger partial charge in [0.1, 0.15) is 5.57 Å². The number of anilines is 1. The number of nitrogens with one attached hydrogen (secondary N) is 1. The highest BCUT2D eigenvalue weighted by Crippen LogP contribution is 2.28. The average molecular weight is 494 g/mol. The molecule has 3 aromatic rings. The molecule has 0 atom stereocenters. The van der Waals surface area contributed by atoms with Crippen molar-refractivity contribution in [3.63, 3.8) is 0 Å². The number of benzene rings is 2. The Balaban J connectivity index is 1.79. The molecule has 0 radical (unpaired) electrons. The lowest BCUT2D eigenvalue weighted by atomic mass is 10.1. The Kier molecular flexibility index (Phi) is 5.64. The van der Waals surface area contributed by atoms with Gasteiger partial charge >= 0.3 is 0 Å². The van der Waals surface area contributed by atoms with E-state index in [9.17, 15) is 9.59 Å². The first kappa shape index (κ1) is 21.2. The van der Waals surface area contributed by atoms with Gasteiger partial charge in [-0.05, 0) is 80.5 Å². The zero-order chi connectivity index (χ0) is 22.3. The minimum atomic E-state index is -0.493. The number of aryl methyl sites for hydroxylation is 2. The number of rotatable bonds is 3. The third kappa shape index (κ3) is 3.86. The van der Waals surface area contributed by atoms with Crippen LogP contribution in [0, 0.1) is 20.8 Å². The van der Waals surface area contributed by atoms with Gasteiger partial charge in [0.25, 0.3) is 11.8 Å². The van der Waals surface area contributed by atoms with Gasteiger partial charge in [-0.25, -0.2) is 0 Å². The molecule has 31 heavy (non-hydrogen) atoms. The number of amides is 2. The van der Waals surface area contributed by atoms with Gasteiger partial charge in [-0.1, -0.05) is 40.2 Å². The minimum Gasteiger partial charge on any atom is -0.318 e. The van der Waals surface area contributed by atoms with Gasteiger partial charge in [0, 0.05) is 21.5 Å². The number of hydrogen-bond acceptors (Lipinski definition) is 3. The molecule has 0 bridgehead atoms. The van der Waals surface area contributed by atoms with Crippen LogP contribution in [0.1, 0.15) is 22.5 Å². The number of hydrogen-bond donors (Lipinski definition) is 1. The van der Waals surface area contributed by atoms with Gasteiger partial charge in [-0.15, -0.1) is 0 Å². The first-order chi connectivity index (χ1) is 14.8. The Hall–Kier alpha value is -3.03. The lowest BCUT2D eigenvalue weighted by Gasteiger charge is -2.30. The van der Waals surface area contributed by atoms with Crippen molar-refractivity contribution in [3.8, 4) is 5.69 Å². The molecule has 0 spiro atoms. The average Bonchev–Trinajstić information content (AvgIpc) is 2.99. The molecule has 1 aromatic heterocycles. The van der Waals surface area contributed by atoms with Crippen LogP contribution in [0.3, 0.4) is 0 Å². The van der Waals surface area contributed by atoms with Crippen LogP contribution in [0.15, 0.2) is 64.6 Å². The summed E-state index contributed by atoms with van der Waals surface area (Å²) in [6.07, 6.45) is 1.64. The van der Waals surface area contributed by atoms with Gasteiger partial charge in [-0.2, -0.15) is 0 Å². The smallest absolute Gasteiger partial charge is 0.270 e. The highest BCUT2D eigenvalue weighted by molar-refractivity contribution is 9.10. The maximum Gasteiger partial charge on any atom is 0.270 e. The molecule has 2 amide bonds. The van der Waals surface area contributed by atoms with Crippen LogP contribution in [-0.4, -0.2) is 21.5 Å². The number of nitrogens with zero attached hydrogens (tertiary/aromatic N) is 2. The monoisotopic (exact) mass is 493 g/mol. The molecule has 0 saturated carbocycles. The molecule has 2 heterocycles. The topological polar surface area (TPSA) is 54.3 Å². The van der Waals surface area contributed by atoms with Crippen LogP contribution in [-0.2, 0) is 9.59 Å². The molecule has 0 unspecified atom stereocenters. The summed E-state index contributed by atoms with van der Waals surface area (Å²) >= 11 is 8.81. The Morgan fingerprint density at radius 3 is 2.45 bits per heavy atom. The van der Waals surface area contributed by atoms with Gasteiger partial charge in [0.15, 0.2) is 5.11 Å². The number of aromatic nitrogens is 1. The fraction of sp³-hybridized carbons (Fsp3) is 0.125. The molecule has 5 nitrogen and oxygen atoms in total. The fourth-order valence-corrected chi connectivity index (χ4v) is 4.45. The van der Waals surface area contributed by atoms with E-state index in [4.69, 9.17) is 12.2 Å². The summed E-state index contributed by atoms with van der Waals surface area (Å²) in [7, 11) is 0. The van der Waals surface area contributed by atoms with Crippen LogP contribution in [0.25, 0.3) is 11.8 Å². The highest BCUT2D eigenvalue weighted by Gasteiger charge is 2.35. The Morgan fingerprint density at radius 1 is 1.00 bits per heavy atom. The van der Waals surface area contributed by atoms with Crippen molar-refractivity contribution in [2.75, 3.05) is 4.90 Å². The number of carbonyl (C=O) groups excluding carboxylic acids is 2. The predicted molar refractivity (Wildman–Crippen MR) is 130 cm³/mol. The van der Waals surface area contributed by atoms with Crippen LogP contribution in [0.2, 0.25) is 0 Å². The third-order valence-electron chi connectivity index (χ3n) is 5.29. The van der Waals surface area contributed by atoms with Crippen molar-refractivity contribution in [1.82, 2.24) is 9.88 Å². The lowest BCUT2D eigenvalue weighted by Crippen LogP contribution is -2.54. The number of para-hydroxylation sites is 1. The molecular formula is C24H20BrN3O2S. The van der Waals surface area contributed by atoms with Gasteiger partial charge in [0.05, 0.1) is 5.69 Å². The lowest BCUT2D eigenvalue weighted by molar-refractivity contribution is -0.122. The van der Waals surface area contributed by atoms with E-state index in [1.54, 1.807) is 6.08 Å². The molecule has 1 saturated heterocycles. The number of thiocarbonyl (C=S) groups is 1. The van der Waals surface area contributed by atoms with E-state index in [1.807, 2.05) is 75.4 Å². The number of halogens is 1. The largest absolute Gasteiger partial charge is 0.318 e. The Morgan fingerprint density at radius 2 is 1.74 bits per heavy atom. The molecule has 0 aliphatic carbocycles. The standard InChI is InChI=1S/C24H20BrN3O2S/c1-14-7-4-5-10-21(14)28-23(30)20(22(29)26-24(28)31)12-17-11-15(2)27(16(17)3)19-9-6-8-18(25)13-19/h4-13H,1-3H3,(H,26,29,31)/b20-12+. The molecule has 7 heteroatoms. The zero-order valence-corrected chi connectivity index (χ0v) is 19.7. The summed E-state index contributed by atoms with van der Waals surface area (Å²) in [5.41, 5.74) is 5.32. The summed E-state index contributed by atoms with van der Waals surface area (Å²) in [6, 6.07) is 17.4. The first-order valence-corrected chi connectivity index (χ1v) is 10.9. The highest BCUT2D eigenvalue weighted by atomic mass is 79.9. The minimum absolute atomic E-state index is 0.0475. The van der Waals surface area contributed by atoms with E-state index in [2.05, 4.69) is 25.8 Å². The van der Waals surface area contributed by atoms with Crippen LogP contribution in [0.5, 0.6) is 0 Å². The van der Waals surface area contributed by atoms with E-state index < -0.39 is 11.8 Å². The molecule has 156 valence electrons. The van der Waals surface area contributed by atoms with E-state index in [1.165, 1.54) is 4.90 Å². The SMILES string of the molecule is Cc1ccccc1N1C(=O)/C(=C/c2cc(C)n(-c3cccc(Br)c3)c2C)C(=O)NC1=S. The quantitative estimate of drug-likeness (QED) is 0.317. The Labute approximate surface area is 194 Å². The normalized spacial score (nSPS) is 15.5. The van der Waals surface area contributed by atoms with Gasteiger partial charge in [0.2, 0.25) is 0 Å². The van der Waals surface area contributed by atoms with Crippen LogP contribution in [0.4, 0.5) is 5.69 Å². The summed E-state index contributed by atoms with van der Waals surface area (Å²) in [4.78, 5) is 27.4. The third-order valence-corrected chi connectivity index (χ3v) is 6.07. The van der Waals surface area contributed by atoms with E-state index in [0.717, 1.165) is 32.7 Å². The molecule has 1 fully saturated rings. The second-order valence-electron chi connectivity index (χ2n) is 7.39. The van der Waals surface area contributed by atoms with Crippen LogP contribution >= 0.6 is 28.1 Å². The second kappa shape index (κ2) is 8.24. The summed E-state index contributed by atoms with van der Waals surface area (Å²) in [5.74, 6) is -0.928. The van der Waals surface area contributed by atoms with E-state index >= 15 is 0 Å². The summed E-state index contributed by atoms with van der Waals surface area (Å²) in [5, 5.41) is 2.74. The maximum absolute atomic E-state index is 13.3. The van der Waals surface area contributed by atoms with Gasteiger partial charge < -0.3 is 4.57 Å². The zero-order valence-electron chi connectivity index (χ0n) is 17.3. The Bertz CT molecular complexity index is 1280. The van der Waals surface area contributed by atoms with Crippen molar-refractivity contribution in [2.45, 2.75) is 20.8 Å². The molecule has 1 aliphatic rings. The van der Waals surface area contributed by atoms with Crippen molar-refractivity contribution >= 4 is 56.8 Å². The fourth-order valence-electron chi connectivity index (χ4n) is 3.79. The van der Waals surface area contributed by atoms with Crippen LogP contribution < -0.4 is 10.2 Å². The van der Waals surface area contributed by atoms with Crippen molar-refractivity contribution in [3.05, 3.63) is 87.2 Å². The summed E-state index contributed by atoms with van der Waals surface area (Å²) in [6.45, 7) is 5.86. The second-order valence-corrected chi connectivity index (χ2v) is 8.69. The predicted octanol–water partition coefficient (Wildman–Crippen LogP) is 5.00. The van der Waals surface area contributed by atoms with Crippen molar-refractivity contribution in [1.29, 1.82) is 0 Å². The van der Waals surface area contributed by atoms with Crippen molar-refractivity contribution < 1.29 is 9.59 Å². The molecule has 2 aromatic carbocycles. The number of carbonyl (C=O) groups is 2. The summed E-state index contributed by atoms with van der Waals surface area (Å²) < 4.78 is 3.06. The molecule has 1 N–H and O–H groups in total. The van der Waals surface area contributed by atoms with Gasteiger partial charge in [-0.3, -0.25) is 19.8 Å².